The number of carbonyl (C=O) groups is 1. The average Bonchev–Trinajstić information content (AvgIpc) is 2.74. The standard InChI is InChI=1S/C14H17NO3/c1-2-18-13(16)8-12-9-14(17,10-15-12)11-6-4-3-5-7-11/h3-8,15,17H,2,9-10H2,1H3/b12-8-. The summed E-state index contributed by atoms with van der Waals surface area (Å²) in [6, 6.07) is 9.45. The van der Waals surface area contributed by atoms with Gasteiger partial charge < -0.3 is 15.2 Å². The minimum atomic E-state index is -0.945. The zero-order valence-electron chi connectivity index (χ0n) is 10.3. The lowest BCUT2D eigenvalue weighted by atomic mass is 9.92. The van der Waals surface area contributed by atoms with Crippen LogP contribution in [0.4, 0.5) is 0 Å². The minimum Gasteiger partial charge on any atom is -0.463 e. The Kier molecular flexibility index (Phi) is 3.67. The summed E-state index contributed by atoms with van der Waals surface area (Å²) in [6.07, 6.45) is 1.81. The van der Waals surface area contributed by atoms with Crippen LogP contribution in [0.15, 0.2) is 42.1 Å². The molecule has 1 aliphatic rings. The Hall–Kier alpha value is -1.81. The number of rotatable bonds is 3. The molecule has 1 heterocycles. The lowest BCUT2D eigenvalue weighted by Gasteiger charge is -2.20. The maximum Gasteiger partial charge on any atom is 0.332 e. The molecule has 4 heteroatoms. The molecule has 0 radical (unpaired) electrons. The van der Waals surface area contributed by atoms with Crippen molar-refractivity contribution in [3.63, 3.8) is 0 Å². The summed E-state index contributed by atoms with van der Waals surface area (Å²) >= 11 is 0. The van der Waals surface area contributed by atoms with E-state index in [1.54, 1.807) is 6.92 Å². The molecule has 1 aromatic carbocycles. The van der Waals surface area contributed by atoms with Gasteiger partial charge in [-0.3, -0.25) is 0 Å². The number of ether oxygens (including phenoxy) is 1. The molecule has 1 saturated heterocycles. The molecule has 1 unspecified atom stereocenters. The number of benzene rings is 1. The summed E-state index contributed by atoms with van der Waals surface area (Å²) in [4.78, 5) is 11.3. The summed E-state index contributed by atoms with van der Waals surface area (Å²) in [5.74, 6) is -0.377. The Labute approximate surface area is 106 Å². The largest absolute Gasteiger partial charge is 0.463 e. The molecule has 18 heavy (non-hydrogen) atoms. The van der Waals surface area contributed by atoms with E-state index in [4.69, 9.17) is 4.74 Å². The van der Waals surface area contributed by atoms with Crippen molar-refractivity contribution in [1.82, 2.24) is 5.32 Å². The number of esters is 1. The number of carbonyl (C=O) groups excluding carboxylic acids is 1. The zero-order chi connectivity index (χ0) is 13.0. The first-order valence-corrected chi connectivity index (χ1v) is 6.03. The number of hydrogen-bond donors (Lipinski definition) is 2. The first-order chi connectivity index (χ1) is 8.64. The molecule has 2 rings (SSSR count). The zero-order valence-corrected chi connectivity index (χ0v) is 10.3. The predicted octanol–water partition coefficient (Wildman–Crippen LogP) is 1.31. The van der Waals surface area contributed by atoms with E-state index in [0.29, 0.717) is 25.3 Å². The highest BCUT2D eigenvalue weighted by molar-refractivity contribution is 5.82. The van der Waals surface area contributed by atoms with Crippen molar-refractivity contribution < 1.29 is 14.6 Å². The van der Waals surface area contributed by atoms with Gasteiger partial charge in [-0.25, -0.2) is 4.79 Å². The van der Waals surface area contributed by atoms with Gasteiger partial charge in [0.25, 0.3) is 0 Å². The van der Waals surface area contributed by atoms with E-state index in [2.05, 4.69) is 5.32 Å². The van der Waals surface area contributed by atoms with Gasteiger partial charge in [0, 0.05) is 24.7 Å². The molecule has 0 amide bonds. The summed E-state index contributed by atoms with van der Waals surface area (Å²) in [6.45, 7) is 2.52. The molecule has 0 aromatic heterocycles. The first-order valence-electron chi connectivity index (χ1n) is 6.03. The Bertz CT molecular complexity index is 455. The summed E-state index contributed by atoms with van der Waals surface area (Å²) < 4.78 is 4.84. The van der Waals surface area contributed by atoms with Crippen molar-refractivity contribution in [1.29, 1.82) is 0 Å². The second-order valence-corrected chi connectivity index (χ2v) is 4.35. The van der Waals surface area contributed by atoms with Gasteiger partial charge in [0.05, 0.1) is 6.61 Å². The molecule has 0 saturated carbocycles. The Morgan fingerprint density at radius 1 is 1.50 bits per heavy atom. The molecule has 0 bridgehead atoms. The van der Waals surface area contributed by atoms with Crippen LogP contribution in [0.2, 0.25) is 0 Å². The third kappa shape index (κ3) is 2.71. The highest BCUT2D eigenvalue weighted by Crippen LogP contribution is 2.31. The van der Waals surface area contributed by atoms with E-state index < -0.39 is 5.60 Å². The van der Waals surface area contributed by atoms with Crippen LogP contribution in [0.1, 0.15) is 18.9 Å². The van der Waals surface area contributed by atoms with Crippen LogP contribution in [-0.2, 0) is 15.1 Å². The molecule has 96 valence electrons. The van der Waals surface area contributed by atoms with E-state index in [-0.39, 0.29) is 5.97 Å². The van der Waals surface area contributed by atoms with E-state index in [1.165, 1.54) is 6.08 Å². The predicted molar refractivity (Wildman–Crippen MR) is 67.7 cm³/mol. The van der Waals surface area contributed by atoms with Gasteiger partial charge in [-0.1, -0.05) is 30.3 Å². The molecule has 2 N–H and O–H groups in total. The van der Waals surface area contributed by atoms with Gasteiger partial charge in [0.2, 0.25) is 0 Å². The smallest absolute Gasteiger partial charge is 0.332 e. The topological polar surface area (TPSA) is 58.6 Å². The van der Waals surface area contributed by atoms with Crippen molar-refractivity contribution in [3.8, 4) is 0 Å². The van der Waals surface area contributed by atoms with Crippen LogP contribution in [0.3, 0.4) is 0 Å². The SMILES string of the molecule is CCOC(=O)/C=C1/CC(O)(c2ccccc2)CN1. The maximum absolute atomic E-state index is 11.3. The van der Waals surface area contributed by atoms with Crippen LogP contribution < -0.4 is 5.32 Å². The number of β-amino-alcohol motifs (C(OH)–C–C–N with tert-alkyl or cyclic N) is 1. The van der Waals surface area contributed by atoms with Crippen LogP contribution in [-0.4, -0.2) is 24.2 Å². The van der Waals surface area contributed by atoms with Crippen molar-refractivity contribution in [2.24, 2.45) is 0 Å². The van der Waals surface area contributed by atoms with E-state index in [9.17, 15) is 9.90 Å². The van der Waals surface area contributed by atoms with Crippen molar-refractivity contribution in [2.45, 2.75) is 18.9 Å². The second kappa shape index (κ2) is 5.23. The van der Waals surface area contributed by atoms with Crippen molar-refractivity contribution in [3.05, 3.63) is 47.7 Å². The number of aliphatic hydroxyl groups is 1. The van der Waals surface area contributed by atoms with E-state index >= 15 is 0 Å². The second-order valence-electron chi connectivity index (χ2n) is 4.35. The number of nitrogens with one attached hydrogen (secondary N) is 1. The third-order valence-electron chi connectivity index (χ3n) is 2.98. The van der Waals surface area contributed by atoms with Gasteiger partial charge in [0.15, 0.2) is 0 Å². The fourth-order valence-corrected chi connectivity index (χ4v) is 2.08. The summed E-state index contributed by atoms with van der Waals surface area (Å²) in [5, 5.41) is 13.6. The molecule has 1 fully saturated rings. The molecular formula is C14H17NO3. The van der Waals surface area contributed by atoms with Gasteiger partial charge in [-0.15, -0.1) is 0 Å². The molecular weight excluding hydrogens is 230 g/mol. The maximum atomic E-state index is 11.3. The Balaban J connectivity index is 2.10. The molecule has 1 atom stereocenters. The van der Waals surface area contributed by atoms with Crippen molar-refractivity contribution in [2.75, 3.05) is 13.2 Å². The molecule has 1 aromatic rings. The van der Waals surface area contributed by atoms with Crippen LogP contribution in [0, 0.1) is 0 Å². The lowest BCUT2D eigenvalue weighted by molar-refractivity contribution is -0.137. The normalized spacial score (nSPS) is 24.9. The van der Waals surface area contributed by atoms with Gasteiger partial charge in [-0.05, 0) is 12.5 Å². The Morgan fingerprint density at radius 3 is 2.89 bits per heavy atom. The van der Waals surface area contributed by atoms with Crippen molar-refractivity contribution >= 4 is 5.97 Å². The highest BCUT2D eigenvalue weighted by Gasteiger charge is 2.35. The molecule has 0 aliphatic carbocycles. The highest BCUT2D eigenvalue weighted by atomic mass is 16.5. The van der Waals surface area contributed by atoms with Crippen LogP contribution >= 0.6 is 0 Å². The Morgan fingerprint density at radius 2 is 2.22 bits per heavy atom. The van der Waals surface area contributed by atoms with Gasteiger partial charge in [0.1, 0.15) is 5.60 Å². The monoisotopic (exact) mass is 247 g/mol. The van der Waals surface area contributed by atoms with E-state index in [1.807, 2.05) is 30.3 Å². The van der Waals surface area contributed by atoms with Gasteiger partial charge in [-0.2, -0.15) is 0 Å². The van der Waals surface area contributed by atoms with Gasteiger partial charge >= 0.3 is 5.97 Å². The first kappa shape index (κ1) is 12.6. The lowest BCUT2D eigenvalue weighted by Crippen LogP contribution is -2.27. The summed E-state index contributed by atoms with van der Waals surface area (Å²) in [5.41, 5.74) is 0.615. The fraction of sp³-hybridized carbons (Fsp3) is 0.357. The minimum absolute atomic E-state index is 0.353. The van der Waals surface area contributed by atoms with Crippen LogP contribution in [0.25, 0.3) is 0 Å². The molecule has 1 aliphatic heterocycles. The quantitative estimate of drug-likeness (QED) is 0.624. The molecule has 4 nitrogen and oxygen atoms in total. The molecule has 0 spiro atoms. The average molecular weight is 247 g/mol. The summed E-state index contributed by atoms with van der Waals surface area (Å²) in [7, 11) is 0. The van der Waals surface area contributed by atoms with E-state index in [0.717, 1.165) is 5.56 Å². The van der Waals surface area contributed by atoms with Crippen LogP contribution in [0.5, 0.6) is 0 Å². The third-order valence-corrected chi connectivity index (χ3v) is 2.98. The number of hydrogen-bond acceptors (Lipinski definition) is 4. The fourth-order valence-electron chi connectivity index (χ4n) is 2.08.